The third-order valence-corrected chi connectivity index (χ3v) is 14.2. The van der Waals surface area contributed by atoms with Crippen molar-refractivity contribution in [2.75, 3.05) is 52.5 Å². The summed E-state index contributed by atoms with van der Waals surface area (Å²) in [5, 5.41) is 9.76. The van der Waals surface area contributed by atoms with Gasteiger partial charge < -0.3 is 19.5 Å². The molecule has 1 saturated carbocycles. The van der Waals surface area contributed by atoms with Crippen molar-refractivity contribution in [2.24, 2.45) is 11.8 Å². The Hall–Kier alpha value is -1.18. The predicted octanol–water partition coefficient (Wildman–Crippen LogP) is 15.6. The summed E-state index contributed by atoms with van der Waals surface area (Å²) in [6.45, 7) is 15.4. The molecule has 0 amide bonds. The molecule has 374 valence electrons. The zero-order chi connectivity index (χ0) is 45.7. The van der Waals surface area contributed by atoms with E-state index in [0.29, 0.717) is 43.9 Å². The lowest BCUT2D eigenvalue weighted by Gasteiger charge is -2.38. The molecule has 0 aromatic rings. The summed E-state index contributed by atoms with van der Waals surface area (Å²) in [6, 6.07) is 0.628. The van der Waals surface area contributed by atoms with Gasteiger partial charge in [0.25, 0.3) is 0 Å². The van der Waals surface area contributed by atoms with Crippen LogP contribution in [0.5, 0.6) is 0 Å². The molecule has 1 rings (SSSR count). The quantitative estimate of drug-likeness (QED) is 0.0481. The number of carbonyl (C=O) groups excluding carboxylic acids is 2. The molecular weight excluding hydrogens is 781 g/mol. The van der Waals surface area contributed by atoms with Crippen LogP contribution < -0.4 is 0 Å². The fourth-order valence-corrected chi connectivity index (χ4v) is 9.57. The lowest BCUT2D eigenvalue weighted by atomic mass is 9.91. The Kier molecular flexibility index (Phi) is 43.6. The van der Waals surface area contributed by atoms with E-state index in [1.807, 2.05) is 0 Å². The molecule has 0 spiro atoms. The van der Waals surface area contributed by atoms with E-state index in [1.54, 1.807) is 0 Å². The zero-order valence-electron chi connectivity index (χ0n) is 42.9. The predicted molar refractivity (Wildman–Crippen MR) is 271 cm³/mol. The first-order chi connectivity index (χ1) is 31.0. The van der Waals surface area contributed by atoms with Gasteiger partial charge in [-0.05, 0) is 89.1 Å². The number of ether oxygens (including phenoxy) is 2. The van der Waals surface area contributed by atoms with Gasteiger partial charge >= 0.3 is 11.9 Å². The summed E-state index contributed by atoms with van der Waals surface area (Å²) < 4.78 is 11.8. The van der Waals surface area contributed by atoms with Crippen LogP contribution in [0.3, 0.4) is 0 Å². The van der Waals surface area contributed by atoms with E-state index in [2.05, 4.69) is 37.5 Å². The Morgan fingerprint density at radius 1 is 0.444 bits per heavy atom. The van der Waals surface area contributed by atoms with Crippen LogP contribution >= 0.6 is 0 Å². The van der Waals surface area contributed by atoms with Crippen molar-refractivity contribution in [1.82, 2.24) is 9.80 Å². The van der Waals surface area contributed by atoms with Crippen molar-refractivity contribution in [3.63, 3.8) is 0 Å². The first-order valence-electron chi connectivity index (χ1n) is 28.4. The molecule has 0 unspecified atom stereocenters. The van der Waals surface area contributed by atoms with Crippen LogP contribution in [0, 0.1) is 11.8 Å². The molecule has 0 aromatic carbocycles. The lowest BCUT2D eigenvalue weighted by molar-refractivity contribution is -0.146. The molecule has 1 fully saturated rings. The summed E-state index contributed by atoms with van der Waals surface area (Å²) in [4.78, 5) is 30.9. The number of unbranched alkanes of at least 4 members (excludes halogenated alkanes) is 24. The average molecular weight is 892 g/mol. The minimum absolute atomic E-state index is 0.00690. The van der Waals surface area contributed by atoms with Crippen molar-refractivity contribution >= 4 is 11.9 Å². The number of carbonyl (C=O) groups is 2. The minimum atomic E-state index is -0.00690. The zero-order valence-corrected chi connectivity index (χ0v) is 42.9. The van der Waals surface area contributed by atoms with Crippen LogP contribution in [0.15, 0.2) is 0 Å². The van der Waals surface area contributed by atoms with E-state index in [-0.39, 0.29) is 18.5 Å². The average Bonchev–Trinajstić information content (AvgIpc) is 3.26. The Balaban J connectivity index is 2.50. The van der Waals surface area contributed by atoms with E-state index in [9.17, 15) is 14.7 Å². The second kappa shape index (κ2) is 46.0. The number of rotatable bonds is 50. The van der Waals surface area contributed by atoms with Crippen molar-refractivity contribution in [3.8, 4) is 0 Å². The molecule has 7 nitrogen and oxygen atoms in total. The Bertz CT molecular complexity index is 881. The van der Waals surface area contributed by atoms with Crippen molar-refractivity contribution in [1.29, 1.82) is 0 Å². The molecule has 1 N–H and O–H groups in total. The minimum Gasteiger partial charge on any atom is -0.465 e. The van der Waals surface area contributed by atoms with Gasteiger partial charge in [-0.1, -0.05) is 201 Å². The van der Waals surface area contributed by atoms with E-state index >= 15 is 0 Å². The normalized spacial score (nSPS) is 13.2. The van der Waals surface area contributed by atoms with E-state index in [4.69, 9.17) is 9.47 Å². The highest BCUT2D eigenvalue weighted by Crippen LogP contribution is 2.25. The Labute approximate surface area is 393 Å². The van der Waals surface area contributed by atoms with Crippen molar-refractivity contribution < 1.29 is 24.2 Å². The molecule has 0 radical (unpaired) electrons. The van der Waals surface area contributed by atoms with Crippen molar-refractivity contribution in [2.45, 2.75) is 284 Å². The van der Waals surface area contributed by atoms with Gasteiger partial charge in [0.05, 0.1) is 19.8 Å². The Morgan fingerprint density at radius 2 is 0.794 bits per heavy atom. The first-order valence-corrected chi connectivity index (χ1v) is 28.4. The molecule has 0 atom stereocenters. The van der Waals surface area contributed by atoms with E-state index in [0.717, 1.165) is 71.2 Å². The van der Waals surface area contributed by atoms with Gasteiger partial charge in [-0.3, -0.25) is 14.5 Å². The van der Waals surface area contributed by atoms with Crippen LogP contribution in [-0.2, 0) is 19.1 Å². The maximum atomic E-state index is 12.9. The van der Waals surface area contributed by atoms with Gasteiger partial charge in [0.2, 0.25) is 0 Å². The summed E-state index contributed by atoms with van der Waals surface area (Å²) in [5.41, 5.74) is 0. The van der Waals surface area contributed by atoms with Crippen LogP contribution in [-0.4, -0.2) is 85.4 Å². The highest BCUT2D eigenvalue weighted by molar-refractivity contribution is 5.69. The highest BCUT2D eigenvalue weighted by Gasteiger charge is 2.24. The van der Waals surface area contributed by atoms with Crippen LogP contribution in [0.25, 0.3) is 0 Å². The number of nitrogens with zero attached hydrogens (tertiary/aromatic N) is 2. The number of hydrogen-bond acceptors (Lipinski definition) is 7. The maximum absolute atomic E-state index is 12.9. The largest absolute Gasteiger partial charge is 0.465 e. The Morgan fingerprint density at radius 3 is 1.13 bits per heavy atom. The summed E-state index contributed by atoms with van der Waals surface area (Å²) >= 11 is 0. The van der Waals surface area contributed by atoms with Gasteiger partial charge in [0, 0.05) is 38.5 Å². The lowest BCUT2D eigenvalue weighted by Crippen LogP contribution is -2.45. The molecular formula is C56H110N2O5. The topological polar surface area (TPSA) is 79.3 Å². The van der Waals surface area contributed by atoms with Crippen molar-refractivity contribution in [3.05, 3.63) is 0 Å². The second-order valence-corrected chi connectivity index (χ2v) is 20.1. The van der Waals surface area contributed by atoms with Gasteiger partial charge in [-0.25, -0.2) is 0 Å². The van der Waals surface area contributed by atoms with Gasteiger partial charge in [-0.2, -0.15) is 0 Å². The van der Waals surface area contributed by atoms with Crippen LogP contribution in [0.2, 0.25) is 0 Å². The van der Waals surface area contributed by atoms with E-state index in [1.165, 1.54) is 199 Å². The van der Waals surface area contributed by atoms with E-state index < -0.39 is 0 Å². The van der Waals surface area contributed by atoms with Crippen LogP contribution in [0.1, 0.15) is 278 Å². The molecule has 63 heavy (non-hydrogen) atoms. The van der Waals surface area contributed by atoms with Gasteiger partial charge in [0.15, 0.2) is 0 Å². The monoisotopic (exact) mass is 891 g/mol. The second-order valence-electron chi connectivity index (χ2n) is 20.1. The fourth-order valence-electron chi connectivity index (χ4n) is 9.57. The molecule has 0 saturated heterocycles. The molecule has 0 bridgehead atoms. The van der Waals surface area contributed by atoms with Crippen LogP contribution in [0.4, 0.5) is 0 Å². The molecule has 0 aromatic heterocycles. The first kappa shape index (κ1) is 59.8. The SMILES string of the molecule is CCCCCCCCC(CCCCCCCC)COC(=O)CCCCCN(CCCCCC(=O)OCC(CCCCCCCC)CCCCCCCC)CCN(CCO)C1CCC1. The third kappa shape index (κ3) is 37.6. The standard InChI is InChI=1S/C56H110N2O5/c1-5-9-13-17-21-27-36-52(37-28-22-18-14-10-6-2)50-62-55(60)42-31-25-33-44-57(46-47-58(48-49-59)54-40-35-41-54)45-34-26-32-43-56(61)63-51-53(38-29-23-19-15-11-7-3)39-30-24-20-16-12-8-4/h52-54,59H,5-51H2,1-4H3. The molecule has 0 heterocycles. The van der Waals surface area contributed by atoms with Gasteiger partial charge in [0.1, 0.15) is 0 Å². The number of aliphatic hydroxyl groups is 1. The fraction of sp³-hybridized carbons (Fsp3) is 0.964. The molecule has 1 aliphatic carbocycles. The molecule has 1 aliphatic rings. The highest BCUT2D eigenvalue weighted by atomic mass is 16.5. The smallest absolute Gasteiger partial charge is 0.305 e. The van der Waals surface area contributed by atoms with Gasteiger partial charge in [-0.15, -0.1) is 0 Å². The summed E-state index contributed by atoms with van der Waals surface area (Å²) in [5.74, 6) is 1.02. The molecule has 7 heteroatoms. The summed E-state index contributed by atoms with van der Waals surface area (Å²) in [6.07, 6.45) is 47.3. The maximum Gasteiger partial charge on any atom is 0.305 e. The number of esters is 2. The number of hydrogen-bond donors (Lipinski definition) is 1. The molecule has 0 aliphatic heterocycles. The summed E-state index contributed by atoms with van der Waals surface area (Å²) in [7, 11) is 0. The third-order valence-electron chi connectivity index (χ3n) is 14.2. The number of aliphatic hydroxyl groups excluding tert-OH is 1.